The Hall–Kier alpha value is -3.85. The summed E-state index contributed by atoms with van der Waals surface area (Å²) in [6.45, 7) is -0.248. The van der Waals surface area contributed by atoms with Crippen LogP contribution in [-0.2, 0) is 19.3 Å². The summed E-state index contributed by atoms with van der Waals surface area (Å²) in [6.07, 6.45) is 0. The number of fused-ring (bicyclic) bond motifs is 2. The van der Waals surface area contributed by atoms with Crippen molar-refractivity contribution in [2.45, 2.75) is 4.87 Å². The molecule has 1 fully saturated rings. The molecule has 1 atom stereocenters. The minimum atomic E-state index is -1.36. The summed E-state index contributed by atoms with van der Waals surface area (Å²) in [4.78, 5) is 41.3. The van der Waals surface area contributed by atoms with E-state index in [1.54, 1.807) is 48.5 Å². The fourth-order valence-corrected chi connectivity index (χ4v) is 5.74. The standard InChI is InChI=1S/C25H20FN3O4S/c1-33-21-9-5-3-7-19(21)27-22(30)14-28-20-8-4-2-6-18(20)25(24(28)32)29(23(31)15-34-25)17-12-10-16(26)11-13-17/h2-13H,14-15H2,1H3,(H,27,30)/t25-/m1/s1. The first-order valence-corrected chi connectivity index (χ1v) is 11.5. The van der Waals surface area contributed by atoms with Crippen LogP contribution in [0.5, 0.6) is 5.75 Å². The van der Waals surface area contributed by atoms with E-state index in [0.29, 0.717) is 28.4 Å². The van der Waals surface area contributed by atoms with Gasteiger partial charge in [0.25, 0.3) is 5.91 Å². The SMILES string of the molecule is COc1ccccc1NC(=O)CN1C(=O)[C@]2(SCC(=O)N2c2ccc(F)cc2)c2ccccc21. The first-order chi connectivity index (χ1) is 16.5. The number of benzene rings is 3. The lowest BCUT2D eigenvalue weighted by Gasteiger charge is -2.33. The van der Waals surface area contributed by atoms with Crippen LogP contribution in [0.3, 0.4) is 0 Å². The second-order valence-electron chi connectivity index (χ2n) is 7.80. The number of carbonyl (C=O) groups excluding carboxylic acids is 3. The maximum atomic E-state index is 13.9. The van der Waals surface area contributed by atoms with Crippen LogP contribution < -0.4 is 19.9 Å². The number of hydrogen-bond donors (Lipinski definition) is 1. The summed E-state index contributed by atoms with van der Waals surface area (Å²) < 4.78 is 18.8. The predicted octanol–water partition coefficient (Wildman–Crippen LogP) is 3.75. The average molecular weight is 478 g/mol. The van der Waals surface area contributed by atoms with Gasteiger partial charge in [-0.1, -0.05) is 30.3 Å². The van der Waals surface area contributed by atoms with Gasteiger partial charge in [-0.3, -0.25) is 24.2 Å². The van der Waals surface area contributed by atoms with Crippen LogP contribution in [0.2, 0.25) is 0 Å². The van der Waals surface area contributed by atoms with Crippen molar-refractivity contribution in [3.63, 3.8) is 0 Å². The van der Waals surface area contributed by atoms with Gasteiger partial charge in [0, 0.05) is 11.3 Å². The molecule has 0 aliphatic carbocycles. The van der Waals surface area contributed by atoms with Gasteiger partial charge in [0.15, 0.2) is 0 Å². The van der Waals surface area contributed by atoms with Crippen molar-refractivity contribution in [3.05, 3.63) is 84.2 Å². The van der Waals surface area contributed by atoms with E-state index in [2.05, 4.69) is 5.32 Å². The van der Waals surface area contributed by atoms with Crippen LogP contribution in [0, 0.1) is 5.82 Å². The fourth-order valence-electron chi connectivity index (χ4n) is 4.38. The number of rotatable bonds is 5. The monoisotopic (exact) mass is 477 g/mol. The number of para-hydroxylation sites is 3. The molecule has 2 aliphatic heterocycles. The molecule has 2 heterocycles. The molecule has 3 amide bonds. The lowest BCUT2D eigenvalue weighted by molar-refractivity contribution is -0.124. The molecule has 0 radical (unpaired) electrons. The van der Waals surface area contributed by atoms with Crippen LogP contribution in [0.1, 0.15) is 5.56 Å². The van der Waals surface area contributed by atoms with E-state index < -0.39 is 22.5 Å². The Morgan fingerprint density at radius 1 is 1.06 bits per heavy atom. The molecule has 0 aromatic heterocycles. The van der Waals surface area contributed by atoms with E-state index in [-0.39, 0.29) is 18.2 Å². The highest BCUT2D eigenvalue weighted by Gasteiger charge is 2.61. The Balaban J connectivity index is 1.51. The van der Waals surface area contributed by atoms with Crippen LogP contribution in [0.25, 0.3) is 0 Å². The zero-order chi connectivity index (χ0) is 23.9. The second kappa shape index (κ2) is 8.49. The molecule has 0 unspecified atom stereocenters. The van der Waals surface area contributed by atoms with Gasteiger partial charge in [0.1, 0.15) is 18.1 Å². The highest BCUT2D eigenvalue weighted by Crippen LogP contribution is 2.55. The van der Waals surface area contributed by atoms with E-state index in [1.165, 1.54) is 52.9 Å². The number of amides is 3. The summed E-state index contributed by atoms with van der Waals surface area (Å²) in [5.41, 5.74) is 2.07. The number of thioether (sulfide) groups is 1. The fraction of sp³-hybridized carbons (Fsp3) is 0.160. The summed E-state index contributed by atoms with van der Waals surface area (Å²) in [7, 11) is 1.51. The minimum absolute atomic E-state index is 0.0820. The molecule has 172 valence electrons. The maximum Gasteiger partial charge on any atom is 0.269 e. The van der Waals surface area contributed by atoms with Crippen molar-refractivity contribution in [2.24, 2.45) is 0 Å². The number of anilines is 3. The van der Waals surface area contributed by atoms with E-state index >= 15 is 0 Å². The topological polar surface area (TPSA) is 79.0 Å². The third kappa shape index (κ3) is 3.40. The molecule has 5 rings (SSSR count). The molecule has 2 aliphatic rings. The first-order valence-electron chi connectivity index (χ1n) is 10.5. The van der Waals surface area contributed by atoms with Gasteiger partial charge in [-0.15, -0.1) is 11.8 Å². The summed E-state index contributed by atoms with van der Waals surface area (Å²) in [5, 5.41) is 2.79. The number of hydrogen-bond acceptors (Lipinski definition) is 5. The Kier molecular flexibility index (Phi) is 5.49. The molecule has 9 heteroatoms. The summed E-state index contributed by atoms with van der Waals surface area (Å²) in [6, 6.07) is 19.6. The van der Waals surface area contributed by atoms with Gasteiger partial charge in [0.05, 0.1) is 24.2 Å². The molecule has 3 aromatic carbocycles. The smallest absolute Gasteiger partial charge is 0.269 e. The molecular weight excluding hydrogens is 457 g/mol. The number of carbonyl (C=O) groups is 3. The molecule has 1 saturated heterocycles. The van der Waals surface area contributed by atoms with Gasteiger partial charge in [-0.25, -0.2) is 4.39 Å². The molecule has 1 N–H and O–H groups in total. The Morgan fingerprint density at radius 2 is 1.76 bits per heavy atom. The van der Waals surface area contributed by atoms with Crippen molar-refractivity contribution >= 4 is 46.5 Å². The Labute approximate surface area is 199 Å². The van der Waals surface area contributed by atoms with Gasteiger partial charge >= 0.3 is 0 Å². The van der Waals surface area contributed by atoms with Crippen LogP contribution in [0.4, 0.5) is 21.5 Å². The van der Waals surface area contributed by atoms with E-state index in [4.69, 9.17) is 4.74 Å². The van der Waals surface area contributed by atoms with Crippen molar-refractivity contribution in [1.82, 2.24) is 0 Å². The number of ether oxygens (including phenoxy) is 1. The van der Waals surface area contributed by atoms with Crippen molar-refractivity contribution in [1.29, 1.82) is 0 Å². The van der Waals surface area contributed by atoms with Crippen molar-refractivity contribution in [3.8, 4) is 5.75 Å². The van der Waals surface area contributed by atoms with Gasteiger partial charge < -0.3 is 10.1 Å². The molecule has 0 saturated carbocycles. The first kappa shape index (κ1) is 22.0. The minimum Gasteiger partial charge on any atom is -0.495 e. The normalized spacial score (nSPS) is 19.0. The average Bonchev–Trinajstić information content (AvgIpc) is 3.31. The van der Waals surface area contributed by atoms with Gasteiger partial charge in [-0.05, 0) is 42.5 Å². The predicted molar refractivity (Wildman–Crippen MR) is 128 cm³/mol. The van der Waals surface area contributed by atoms with Crippen molar-refractivity contribution in [2.75, 3.05) is 34.5 Å². The molecular formula is C25H20FN3O4S. The zero-order valence-electron chi connectivity index (χ0n) is 18.2. The number of methoxy groups -OCH3 is 1. The number of nitrogens with one attached hydrogen (secondary N) is 1. The highest BCUT2D eigenvalue weighted by molar-refractivity contribution is 8.02. The van der Waals surface area contributed by atoms with Gasteiger partial charge in [-0.2, -0.15) is 0 Å². The molecule has 7 nitrogen and oxygen atoms in total. The van der Waals surface area contributed by atoms with Crippen LogP contribution >= 0.6 is 11.8 Å². The Morgan fingerprint density at radius 3 is 2.53 bits per heavy atom. The number of nitrogens with zero attached hydrogens (tertiary/aromatic N) is 2. The second-order valence-corrected chi connectivity index (χ2v) is 8.96. The third-order valence-electron chi connectivity index (χ3n) is 5.83. The molecule has 1 spiro atoms. The zero-order valence-corrected chi connectivity index (χ0v) is 19.0. The third-order valence-corrected chi connectivity index (χ3v) is 7.22. The lowest BCUT2D eigenvalue weighted by atomic mass is 10.0. The number of halogens is 1. The molecule has 34 heavy (non-hydrogen) atoms. The molecule has 0 bridgehead atoms. The van der Waals surface area contributed by atoms with Crippen LogP contribution in [-0.4, -0.2) is 37.1 Å². The Bertz CT molecular complexity index is 1300. The van der Waals surface area contributed by atoms with Crippen LogP contribution in [0.15, 0.2) is 72.8 Å². The molecule has 3 aromatic rings. The summed E-state index contributed by atoms with van der Waals surface area (Å²) >= 11 is 1.20. The van der Waals surface area contributed by atoms with E-state index in [0.717, 1.165) is 0 Å². The summed E-state index contributed by atoms with van der Waals surface area (Å²) in [5.74, 6) is -0.931. The van der Waals surface area contributed by atoms with Crippen molar-refractivity contribution < 1.29 is 23.5 Å². The van der Waals surface area contributed by atoms with E-state index in [1.807, 2.05) is 0 Å². The maximum absolute atomic E-state index is 13.9. The van der Waals surface area contributed by atoms with Gasteiger partial charge in [0.2, 0.25) is 16.7 Å². The van der Waals surface area contributed by atoms with E-state index in [9.17, 15) is 18.8 Å². The highest BCUT2D eigenvalue weighted by atomic mass is 32.2. The lowest BCUT2D eigenvalue weighted by Crippen LogP contribution is -2.50. The quantitative estimate of drug-likeness (QED) is 0.606. The largest absolute Gasteiger partial charge is 0.495 e.